The highest BCUT2D eigenvalue weighted by Crippen LogP contribution is 2.34. The van der Waals surface area contributed by atoms with Gasteiger partial charge < -0.3 is 10.2 Å². The molecule has 0 spiro atoms. The summed E-state index contributed by atoms with van der Waals surface area (Å²) in [6.07, 6.45) is 7.02. The van der Waals surface area contributed by atoms with E-state index in [1.807, 2.05) is 42.6 Å². The summed E-state index contributed by atoms with van der Waals surface area (Å²) >= 11 is 7.59. The van der Waals surface area contributed by atoms with Gasteiger partial charge in [0.1, 0.15) is 5.65 Å². The van der Waals surface area contributed by atoms with Crippen LogP contribution in [0.2, 0.25) is 5.02 Å². The first-order chi connectivity index (χ1) is 15.2. The summed E-state index contributed by atoms with van der Waals surface area (Å²) in [4.78, 5) is 20.5. The monoisotopic (exact) mass is 452 g/mol. The lowest BCUT2D eigenvalue weighted by Gasteiger charge is -2.32. The average Bonchev–Trinajstić information content (AvgIpc) is 3.21. The summed E-state index contributed by atoms with van der Waals surface area (Å²) in [5.41, 5.74) is 3.16. The molecule has 3 aromatic rings. The van der Waals surface area contributed by atoms with Crippen LogP contribution in [0.3, 0.4) is 0 Å². The van der Waals surface area contributed by atoms with Crippen LogP contribution in [0.5, 0.6) is 0 Å². The van der Waals surface area contributed by atoms with Crippen LogP contribution in [-0.2, 0) is 11.2 Å². The second kappa shape index (κ2) is 9.07. The molecule has 160 valence electrons. The van der Waals surface area contributed by atoms with Gasteiger partial charge in [0.15, 0.2) is 0 Å². The Labute approximate surface area is 191 Å². The van der Waals surface area contributed by atoms with Gasteiger partial charge in [-0.05, 0) is 74.2 Å². The molecule has 1 fully saturated rings. The van der Waals surface area contributed by atoms with Crippen molar-refractivity contribution in [1.82, 2.24) is 19.6 Å². The third-order valence-electron chi connectivity index (χ3n) is 6.10. The first-order valence-electron chi connectivity index (χ1n) is 10.8. The van der Waals surface area contributed by atoms with Gasteiger partial charge in [-0.3, -0.25) is 9.20 Å². The molecule has 0 unspecified atom stereocenters. The summed E-state index contributed by atoms with van der Waals surface area (Å²) in [5, 5.41) is 5.00. The molecule has 0 atom stereocenters. The number of nitrogens with one attached hydrogen (secondary N) is 1. The van der Waals surface area contributed by atoms with Crippen LogP contribution in [0, 0.1) is 5.92 Å². The zero-order chi connectivity index (χ0) is 21.2. The lowest BCUT2D eigenvalue weighted by Crippen LogP contribution is -2.39. The highest BCUT2D eigenvalue weighted by molar-refractivity contribution is 8.04. The Morgan fingerprint density at radius 1 is 1.19 bits per heavy atom. The van der Waals surface area contributed by atoms with E-state index in [1.165, 1.54) is 17.3 Å². The molecule has 2 aliphatic rings. The predicted molar refractivity (Wildman–Crippen MR) is 126 cm³/mol. The Morgan fingerprint density at radius 3 is 2.87 bits per heavy atom. The molecule has 1 amide bonds. The van der Waals surface area contributed by atoms with Crippen LogP contribution < -0.4 is 5.32 Å². The summed E-state index contributed by atoms with van der Waals surface area (Å²) in [5.74, 6) is 0.548. The molecule has 1 N–H and O–H groups in total. The van der Waals surface area contributed by atoms with Crippen molar-refractivity contribution < 1.29 is 4.79 Å². The fourth-order valence-electron chi connectivity index (χ4n) is 4.32. The van der Waals surface area contributed by atoms with Crippen molar-refractivity contribution >= 4 is 41.0 Å². The predicted octanol–water partition coefficient (Wildman–Crippen LogP) is 4.51. The molecule has 2 aromatic heterocycles. The molecular formula is C24H25ClN4OS. The van der Waals surface area contributed by atoms with E-state index in [9.17, 15) is 4.79 Å². The number of hydrogen-bond donors (Lipinski definition) is 1. The maximum atomic E-state index is 12.8. The average molecular weight is 453 g/mol. The standard InChI is InChI=1S/C24H25ClN4OS/c25-19-4-1-3-17(13-19)7-10-28-11-8-18(9-12-28)15-27-24(30)21-14-20-16-26-22-5-2-6-23(31-21)29(20)22/h1-6,13-14,16,18H,7-12,15H2,(H,27,30). The first-order valence-corrected chi connectivity index (χ1v) is 12.0. The van der Waals surface area contributed by atoms with Crippen LogP contribution in [0.15, 0.2) is 58.6 Å². The van der Waals surface area contributed by atoms with Gasteiger partial charge in [-0.25, -0.2) is 4.98 Å². The Kier molecular flexibility index (Phi) is 6.03. The first kappa shape index (κ1) is 20.6. The molecule has 1 aromatic carbocycles. The fraction of sp³-hybridized carbons (Fsp3) is 0.333. The minimum absolute atomic E-state index is 0.0119. The van der Waals surface area contributed by atoms with Crippen LogP contribution in [0.4, 0.5) is 0 Å². The molecule has 2 aliphatic heterocycles. The maximum absolute atomic E-state index is 12.8. The van der Waals surface area contributed by atoms with Crippen molar-refractivity contribution in [3.05, 3.63) is 69.8 Å². The van der Waals surface area contributed by atoms with Crippen molar-refractivity contribution in [2.45, 2.75) is 24.3 Å². The Bertz CT molecular complexity index is 1130. The highest BCUT2D eigenvalue weighted by atomic mass is 35.5. The number of rotatable bonds is 6. The molecule has 5 nitrogen and oxygen atoms in total. The minimum Gasteiger partial charge on any atom is -0.351 e. The van der Waals surface area contributed by atoms with E-state index in [0.29, 0.717) is 5.92 Å². The lowest BCUT2D eigenvalue weighted by atomic mass is 9.96. The van der Waals surface area contributed by atoms with Gasteiger partial charge in [-0.1, -0.05) is 41.6 Å². The van der Waals surface area contributed by atoms with E-state index in [4.69, 9.17) is 11.6 Å². The van der Waals surface area contributed by atoms with Gasteiger partial charge in [0, 0.05) is 18.1 Å². The van der Waals surface area contributed by atoms with Crippen molar-refractivity contribution in [2.24, 2.45) is 5.92 Å². The third-order valence-corrected chi connectivity index (χ3v) is 7.39. The number of carbonyl (C=O) groups excluding carboxylic acids is 1. The minimum atomic E-state index is 0.0119. The van der Waals surface area contributed by atoms with E-state index < -0.39 is 0 Å². The Balaban J connectivity index is 1.09. The highest BCUT2D eigenvalue weighted by Gasteiger charge is 2.23. The van der Waals surface area contributed by atoms with Gasteiger partial charge in [-0.2, -0.15) is 0 Å². The van der Waals surface area contributed by atoms with Crippen molar-refractivity contribution in [3.8, 4) is 0 Å². The number of pyridine rings is 1. The SMILES string of the molecule is O=C(NCC1CCN(CCc2cccc(Cl)c2)CC1)C1=Cc2cnc3cccc(n23)S1. The zero-order valence-electron chi connectivity index (χ0n) is 17.3. The molecule has 4 heterocycles. The second-order valence-corrected chi connectivity index (χ2v) is 9.72. The van der Waals surface area contributed by atoms with E-state index in [0.717, 1.165) is 71.7 Å². The molecule has 5 rings (SSSR count). The number of aromatic nitrogens is 2. The molecule has 7 heteroatoms. The van der Waals surface area contributed by atoms with E-state index in [1.54, 1.807) is 0 Å². The summed E-state index contributed by atoms with van der Waals surface area (Å²) in [7, 11) is 0. The van der Waals surface area contributed by atoms with E-state index >= 15 is 0 Å². The van der Waals surface area contributed by atoms with Crippen molar-refractivity contribution in [2.75, 3.05) is 26.2 Å². The molecule has 0 radical (unpaired) electrons. The molecular weight excluding hydrogens is 428 g/mol. The summed E-state index contributed by atoms with van der Waals surface area (Å²) in [6.45, 7) is 3.96. The number of benzene rings is 1. The van der Waals surface area contributed by atoms with Crippen LogP contribution in [0.25, 0.3) is 11.7 Å². The topological polar surface area (TPSA) is 49.6 Å². The smallest absolute Gasteiger partial charge is 0.258 e. The number of hydrogen-bond acceptors (Lipinski definition) is 4. The van der Waals surface area contributed by atoms with Gasteiger partial charge in [-0.15, -0.1) is 0 Å². The number of thioether (sulfide) groups is 1. The van der Waals surface area contributed by atoms with E-state index in [2.05, 4.69) is 31.7 Å². The van der Waals surface area contributed by atoms with E-state index in [-0.39, 0.29) is 5.91 Å². The maximum Gasteiger partial charge on any atom is 0.258 e. The lowest BCUT2D eigenvalue weighted by molar-refractivity contribution is -0.117. The van der Waals surface area contributed by atoms with Crippen molar-refractivity contribution in [1.29, 1.82) is 0 Å². The van der Waals surface area contributed by atoms with Crippen LogP contribution in [-0.4, -0.2) is 46.4 Å². The number of likely N-dealkylation sites (tertiary alicyclic amines) is 1. The largest absolute Gasteiger partial charge is 0.351 e. The second-order valence-electron chi connectivity index (χ2n) is 8.23. The van der Waals surface area contributed by atoms with Gasteiger partial charge >= 0.3 is 0 Å². The molecule has 0 bridgehead atoms. The number of nitrogens with zero attached hydrogens (tertiary/aromatic N) is 3. The van der Waals surface area contributed by atoms with Crippen LogP contribution in [0.1, 0.15) is 24.1 Å². The number of halogens is 1. The molecule has 0 saturated carbocycles. The quantitative estimate of drug-likeness (QED) is 0.598. The third kappa shape index (κ3) is 4.66. The fourth-order valence-corrected chi connectivity index (χ4v) is 5.54. The van der Waals surface area contributed by atoms with Crippen LogP contribution >= 0.6 is 23.4 Å². The summed E-state index contributed by atoms with van der Waals surface area (Å²) in [6, 6.07) is 14.1. The number of imidazole rings is 1. The molecule has 1 saturated heterocycles. The van der Waals surface area contributed by atoms with Crippen molar-refractivity contribution in [3.63, 3.8) is 0 Å². The molecule has 31 heavy (non-hydrogen) atoms. The number of amides is 1. The summed E-state index contributed by atoms with van der Waals surface area (Å²) < 4.78 is 2.08. The number of carbonyl (C=O) groups is 1. The molecule has 0 aliphatic carbocycles. The van der Waals surface area contributed by atoms with Gasteiger partial charge in [0.25, 0.3) is 5.91 Å². The zero-order valence-corrected chi connectivity index (χ0v) is 18.8. The number of piperidine rings is 1. The normalized spacial score (nSPS) is 17.0. The van der Waals surface area contributed by atoms with Gasteiger partial charge in [0.2, 0.25) is 0 Å². The Morgan fingerprint density at radius 2 is 2.03 bits per heavy atom. The Hall–Kier alpha value is -2.28. The van der Waals surface area contributed by atoms with Gasteiger partial charge in [0.05, 0.1) is 21.8 Å².